The summed E-state index contributed by atoms with van der Waals surface area (Å²) in [7, 11) is 0. The van der Waals surface area contributed by atoms with Crippen molar-refractivity contribution in [3.63, 3.8) is 0 Å². The molecule has 1 unspecified atom stereocenters. The second kappa shape index (κ2) is 10.2. The van der Waals surface area contributed by atoms with Crippen molar-refractivity contribution in [2.75, 3.05) is 13.3 Å². The Hall–Kier alpha value is -3.01. The van der Waals surface area contributed by atoms with Crippen molar-refractivity contribution >= 4 is 5.91 Å². The highest BCUT2D eigenvalue weighted by Gasteiger charge is 2.11. The van der Waals surface area contributed by atoms with Crippen molar-refractivity contribution in [1.29, 1.82) is 0 Å². The van der Waals surface area contributed by atoms with Crippen LogP contribution < -0.4 is 10.1 Å². The minimum absolute atomic E-state index is 0.0477. The van der Waals surface area contributed by atoms with E-state index < -0.39 is 19.5 Å². The predicted octanol–water partition coefficient (Wildman–Crippen LogP) is 2.63. The number of aromatic nitrogens is 2. The van der Waals surface area contributed by atoms with Gasteiger partial charge < -0.3 is 10.1 Å². The summed E-state index contributed by atoms with van der Waals surface area (Å²) in [6.07, 6.45) is 2.42. The summed E-state index contributed by atoms with van der Waals surface area (Å²) in [6, 6.07) is 7.70. The van der Waals surface area contributed by atoms with Gasteiger partial charge in [0.1, 0.15) is 13.3 Å². The Morgan fingerprint density at radius 1 is 1.11 bits per heavy atom. The van der Waals surface area contributed by atoms with E-state index in [-0.39, 0.29) is 18.0 Å². The molecular weight excluding hydrogens is 352 g/mol. The van der Waals surface area contributed by atoms with Crippen LogP contribution in [0.5, 0.6) is 6.01 Å². The molecule has 0 saturated carbocycles. The van der Waals surface area contributed by atoms with Gasteiger partial charge in [0.25, 0.3) is 0 Å². The van der Waals surface area contributed by atoms with Gasteiger partial charge in [0.2, 0.25) is 5.91 Å². The lowest BCUT2D eigenvalue weighted by atomic mass is 10.1. The highest BCUT2D eigenvalue weighted by molar-refractivity contribution is 5.73. The molecular formula is C20H21F2N3O2. The Morgan fingerprint density at radius 2 is 1.70 bits per heavy atom. The number of alkyl halides is 2. The van der Waals surface area contributed by atoms with Crippen LogP contribution in [0.25, 0.3) is 0 Å². The number of hydrogen-bond donors (Lipinski definition) is 1. The molecule has 0 radical (unpaired) electrons. The smallest absolute Gasteiger partial charge is 0.316 e. The third kappa shape index (κ3) is 7.02. The summed E-state index contributed by atoms with van der Waals surface area (Å²) in [5.74, 6) is 5.87. The number of amides is 1. The lowest BCUT2D eigenvalue weighted by Gasteiger charge is -2.12. The average Bonchev–Trinajstić information content (AvgIpc) is 2.66. The molecule has 1 N–H and O–H groups in total. The SMILES string of the molecule is CC(=O)NC(C)Cc1ccc(C#Cc2cnc(OC(CF)CF)nc2)cc1. The zero-order valence-electron chi connectivity index (χ0n) is 15.2. The fourth-order valence-corrected chi connectivity index (χ4v) is 2.31. The summed E-state index contributed by atoms with van der Waals surface area (Å²) < 4.78 is 29.8. The highest BCUT2D eigenvalue weighted by atomic mass is 19.1. The number of nitrogens with zero attached hydrogens (tertiary/aromatic N) is 2. The summed E-state index contributed by atoms with van der Waals surface area (Å²) in [4.78, 5) is 18.8. The summed E-state index contributed by atoms with van der Waals surface area (Å²) in [5, 5.41) is 2.84. The predicted molar refractivity (Wildman–Crippen MR) is 97.8 cm³/mol. The van der Waals surface area contributed by atoms with E-state index >= 15 is 0 Å². The van der Waals surface area contributed by atoms with Gasteiger partial charge in [-0.15, -0.1) is 0 Å². The average molecular weight is 373 g/mol. The van der Waals surface area contributed by atoms with Crippen LogP contribution in [0.2, 0.25) is 0 Å². The normalized spacial score (nSPS) is 11.4. The van der Waals surface area contributed by atoms with Crippen LogP contribution in [-0.2, 0) is 11.2 Å². The number of ether oxygens (including phenoxy) is 1. The second-order valence-electron chi connectivity index (χ2n) is 6.06. The third-order valence-corrected chi connectivity index (χ3v) is 3.54. The van der Waals surface area contributed by atoms with Gasteiger partial charge in [-0.3, -0.25) is 4.79 Å². The molecule has 1 atom stereocenters. The van der Waals surface area contributed by atoms with Crippen molar-refractivity contribution in [2.24, 2.45) is 0 Å². The van der Waals surface area contributed by atoms with Crippen LogP contribution in [0.1, 0.15) is 30.5 Å². The van der Waals surface area contributed by atoms with Gasteiger partial charge in [0.05, 0.1) is 5.56 Å². The number of halogens is 2. The lowest BCUT2D eigenvalue weighted by Crippen LogP contribution is -2.31. The van der Waals surface area contributed by atoms with Gasteiger partial charge in [0, 0.05) is 30.9 Å². The maximum Gasteiger partial charge on any atom is 0.316 e. The van der Waals surface area contributed by atoms with Crippen molar-refractivity contribution < 1.29 is 18.3 Å². The second-order valence-corrected chi connectivity index (χ2v) is 6.06. The lowest BCUT2D eigenvalue weighted by molar-refractivity contribution is -0.119. The maximum atomic E-state index is 12.4. The Kier molecular flexibility index (Phi) is 7.68. The number of rotatable bonds is 7. The first-order chi connectivity index (χ1) is 13.0. The molecule has 2 aromatic rings. The Bertz CT molecular complexity index is 795. The molecule has 1 aromatic heterocycles. The molecule has 1 aromatic carbocycles. The van der Waals surface area contributed by atoms with E-state index in [1.165, 1.54) is 19.3 Å². The van der Waals surface area contributed by atoms with E-state index in [1.807, 2.05) is 31.2 Å². The van der Waals surface area contributed by atoms with Crippen LogP contribution in [0.4, 0.5) is 8.78 Å². The fraction of sp³-hybridized carbons (Fsp3) is 0.350. The summed E-state index contributed by atoms with van der Waals surface area (Å²) in [5.41, 5.74) is 2.48. The van der Waals surface area contributed by atoms with Gasteiger partial charge in [-0.25, -0.2) is 18.7 Å². The number of benzene rings is 1. The van der Waals surface area contributed by atoms with E-state index in [1.54, 1.807) is 0 Å². The number of carbonyl (C=O) groups is 1. The molecule has 2 rings (SSSR count). The topological polar surface area (TPSA) is 64.1 Å². The molecule has 0 aliphatic heterocycles. The van der Waals surface area contributed by atoms with Gasteiger partial charge in [-0.05, 0) is 31.0 Å². The minimum Gasteiger partial charge on any atom is -0.455 e. The van der Waals surface area contributed by atoms with Crippen molar-refractivity contribution in [3.8, 4) is 17.9 Å². The standard InChI is InChI=1S/C20H21F2N3O2/c1-14(25-15(2)26)9-17-6-3-16(4-7-17)5-8-18-12-23-20(24-13-18)27-19(10-21)11-22/h3-4,6-7,12-14,19H,9-11H2,1-2H3,(H,25,26). The largest absolute Gasteiger partial charge is 0.455 e. The molecule has 1 amide bonds. The van der Waals surface area contributed by atoms with Crippen molar-refractivity contribution in [2.45, 2.75) is 32.4 Å². The molecule has 5 nitrogen and oxygen atoms in total. The quantitative estimate of drug-likeness (QED) is 0.758. The Balaban J connectivity index is 1.96. The van der Waals surface area contributed by atoms with E-state index in [0.29, 0.717) is 5.56 Å². The molecule has 0 aliphatic rings. The molecule has 0 aliphatic carbocycles. The summed E-state index contributed by atoms with van der Waals surface area (Å²) in [6.45, 7) is 1.56. The molecule has 27 heavy (non-hydrogen) atoms. The zero-order chi connectivity index (χ0) is 19.6. The van der Waals surface area contributed by atoms with E-state index in [2.05, 4.69) is 27.1 Å². The maximum absolute atomic E-state index is 12.4. The molecule has 7 heteroatoms. The minimum atomic E-state index is -1.19. The monoisotopic (exact) mass is 373 g/mol. The van der Waals surface area contributed by atoms with Crippen molar-refractivity contribution in [3.05, 3.63) is 53.3 Å². The number of nitrogens with one attached hydrogen (secondary N) is 1. The Morgan fingerprint density at radius 3 is 2.26 bits per heavy atom. The first-order valence-electron chi connectivity index (χ1n) is 8.49. The number of carbonyl (C=O) groups excluding carboxylic acids is 1. The molecule has 0 saturated heterocycles. The molecule has 0 fully saturated rings. The van der Waals surface area contributed by atoms with Gasteiger partial charge in [-0.1, -0.05) is 24.0 Å². The third-order valence-electron chi connectivity index (χ3n) is 3.54. The zero-order valence-corrected chi connectivity index (χ0v) is 15.2. The van der Waals surface area contributed by atoms with Crippen LogP contribution in [0.15, 0.2) is 36.7 Å². The van der Waals surface area contributed by atoms with Crippen LogP contribution >= 0.6 is 0 Å². The van der Waals surface area contributed by atoms with Gasteiger partial charge >= 0.3 is 6.01 Å². The van der Waals surface area contributed by atoms with E-state index in [9.17, 15) is 13.6 Å². The molecule has 1 heterocycles. The van der Waals surface area contributed by atoms with E-state index in [4.69, 9.17) is 4.74 Å². The first kappa shape index (κ1) is 20.3. The number of hydrogen-bond acceptors (Lipinski definition) is 4. The van der Waals surface area contributed by atoms with Gasteiger partial charge in [-0.2, -0.15) is 0 Å². The van der Waals surface area contributed by atoms with Gasteiger partial charge in [0.15, 0.2) is 6.10 Å². The molecule has 0 spiro atoms. The Labute approximate surface area is 157 Å². The van der Waals surface area contributed by atoms with Crippen LogP contribution in [0, 0.1) is 11.8 Å². The van der Waals surface area contributed by atoms with E-state index in [0.717, 1.165) is 17.5 Å². The molecule has 142 valence electrons. The highest BCUT2D eigenvalue weighted by Crippen LogP contribution is 2.08. The van der Waals surface area contributed by atoms with Crippen molar-refractivity contribution in [1.82, 2.24) is 15.3 Å². The fourth-order valence-electron chi connectivity index (χ4n) is 2.31. The van der Waals surface area contributed by atoms with Crippen LogP contribution in [-0.4, -0.2) is 41.4 Å². The van der Waals surface area contributed by atoms with Crippen LogP contribution in [0.3, 0.4) is 0 Å². The first-order valence-corrected chi connectivity index (χ1v) is 8.49. The molecule has 0 bridgehead atoms. The summed E-state index contributed by atoms with van der Waals surface area (Å²) >= 11 is 0.